The quantitative estimate of drug-likeness (QED) is 0.681. The molecule has 0 radical (unpaired) electrons. The summed E-state index contributed by atoms with van der Waals surface area (Å²) >= 11 is 2.05. The standard InChI is InChI=1S/C8H10INO2/c1-11-6-3-4-8(12-2)7(5-6)10-9/h3-5,10H,1-2H3. The van der Waals surface area contributed by atoms with E-state index < -0.39 is 0 Å². The van der Waals surface area contributed by atoms with Gasteiger partial charge in [0.2, 0.25) is 0 Å². The van der Waals surface area contributed by atoms with Crippen LogP contribution in [0.5, 0.6) is 11.5 Å². The van der Waals surface area contributed by atoms with Gasteiger partial charge in [0.1, 0.15) is 11.5 Å². The van der Waals surface area contributed by atoms with E-state index in [-0.39, 0.29) is 0 Å². The number of ether oxygens (including phenoxy) is 2. The molecular weight excluding hydrogens is 269 g/mol. The van der Waals surface area contributed by atoms with Gasteiger partial charge >= 0.3 is 0 Å². The number of methoxy groups -OCH3 is 2. The first kappa shape index (κ1) is 9.44. The molecule has 0 fully saturated rings. The second-order valence-corrected chi connectivity index (χ2v) is 2.70. The van der Waals surface area contributed by atoms with Crippen LogP contribution in [0.25, 0.3) is 0 Å². The molecule has 3 nitrogen and oxygen atoms in total. The Hall–Kier alpha value is -0.650. The number of hydrogen-bond donors (Lipinski definition) is 1. The van der Waals surface area contributed by atoms with E-state index in [0.717, 1.165) is 17.2 Å². The van der Waals surface area contributed by atoms with Gasteiger partial charge in [0.05, 0.1) is 42.8 Å². The predicted octanol–water partition coefficient (Wildman–Crippen LogP) is 2.47. The van der Waals surface area contributed by atoms with E-state index in [1.54, 1.807) is 14.2 Å². The molecule has 0 heterocycles. The first-order chi connectivity index (χ1) is 5.81. The Morgan fingerprint density at radius 2 is 2.00 bits per heavy atom. The fraction of sp³-hybridized carbons (Fsp3) is 0.250. The highest BCUT2D eigenvalue weighted by Crippen LogP contribution is 2.29. The molecule has 12 heavy (non-hydrogen) atoms. The predicted molar refractivity (Wildman–Crippen MR) is 57.2 cm³/mol. The van der Waals surface area contributed by atoms with Crippen molar-refractivity contribution in [3.63, 3.8) is 0 Å². The zero-order valence-corrected chi connectivity index (χ0v) is 9.08. The normalized spacial score (nSPS) is 9.25. The Kier molecular flexibility index (Phi) is 3.46. The van der Waals surface area contributed by atoms with E-state index >= 15 is 0 Å². The lowest BCUT2D eigenvalue weighted by Crippen LogP contribution is -1.90. The van der Waals surface area contributed by atoms with Crippen molar-refractivity contribution in [3.05, 3.63) is 18.2 Å². The fourth-order valence-electron chi connectivity index (χ4n) is 0.888. The Morgan fingerprint density at radius 3 is 2.50 bits per heavy atom. The second kappa shape index (κ2) is 4.39. The minimum Gasteiger partial charge on any atom is -0.497 e. The van der Waals surface area contributed by atoms with Crippen LogP contribution >= 0.6 is 22.9 Å². The van der Waals surface area contributed by atoms with Crippen molar-refractivity contribution < 1.29 is 9.47 Å². The van der Waals surface area contributed by atoms with Crippen LogP contribution in [0, 0.1) is 0 Å². The molecule has 1 rings (SSSR count). The van der Waals surface area contributed by atoms with Gasteiger partial charge in [-0.1, -0.05) is 0 Å². The third kappa shape index (κ3) is 1.94. The largest absolute Gasteiger partial charge is 0.497 e. The maximum Gasteiger partial charge on any atom is 0.142 e. The Bertz CT molecular complexity index is 265. The molecular formula is C8H10INO2. The first-order valence-electron chi connectivity index (χ1n) is 3.40. The monoisotopic (exact) mass is 279 g/mol. The van der Waals surface area contributed by atoms with Crippen molar-refractivity contribution in [2.24, 2.45) is 0 Å². The van der Waals surface area contributed by atoms with Crippen molar-refractivity contribution in [2.75, 3.05) is 17.7 Å². The molecule has 66 valence electrons. The van der Waals surface area contributed by atoms with Crippen molar-refractivity contribution in [1.82, 2.24) is 0 Å². The molecule has 1 aromatic carbocycles. The number of hydrogen-bond acceptors (Lipinski definition) is 3. The minimum absolute atomic E-state index is 0.810. The van der Waals surface area contributed by atoms with Crippen LogP contribution in [-0.2, 0) is 0 Å². The average Bonchev–Trinajstić information content (AvgIpc) is 2.16. The van der Waals surface area contributed by atoms with Gasteiger partial charge in [-0.3, -0.25) is 0 Å². The summed E-state index contributed by atoms with van der Waals surface area (Å²) in [5.74, 6) is 1.63. The molecule has 0 aliphatic heterocycles. The van der Waals surface area contributed by atoms with Crippen LogP contribution in [0.4, 0.5) is 5.69 Å². The van der Waals surface area contributed by atoms with Gasteiger partial charge in [-0.05, 0) is 12.1 Å². The van der Waals surface area contributed by atoms with E-state index in [4.69, 9.17) is 9.47 Å². The highest BCUT2D eigenvalue weighted by atomic mass is 127. The topological polar surface area (TPSA) is 30.5 Å². The molecule has 0 aromatic heterocycles. The maximum atomic E-state index is 5.11. The lowest BCUT2D eigenvalue weighted by Gasteiger charge is -2.08. The summed E-state index contributed by atoms with van der Waals surface area (Å²) in [5.41, 5.74) is 0.914. The fourth-order valence-corrected chi connectivity index (χ4v) is 1.31. The highest BCUT2D eigenvalue weighted by molar-refractivity contribution is 14.1. The van der Waals surface area contributed by atoms with Gasteiger partial charge < -0.3 is 13.0 Å². The summed E-state index contributed by atoms with van der Waals surface area (Å²) in [7, 11) is 3.28. The minimum atomic E-state index is 0.810. The summed E-state index contributed by atoms with van der Waals surface area (Å²) in [6.07, 6.45) is 0. The van der Waals surface area contributed by atoms with Crippen LogP contribution in [0.1, 0.15) is 0 Å². The molecule has 0 spiro atoms. The molecule has 0 amide bonds. The molecule has 1 N–H and O–H groups in total. The molecule has 0 aliphatic rings. The van der Waals surface area contributed by atoms with Crippen LogP contribution < -0.4 is 13.0 Å². The van der Waals surface area contributed by atoms with Gasteiger partial charge in [-0.15, -0.1) is 0 Å². The molecule has 0 saturated carbocycles. The third-order valence-electron chi connectivity index (χ3n) is 1.51. The average molecular weight is 279 g/mol. The molecule has 0 unspecified atom stereocenters. The van der Waals surface area contributed by atoms with Gasteiger partial charge in [0.25, 0.3) is 0 Å². The molecule has 0 atom stereocenters. The van der Waals surface area contributed by atoms with E-state index in [0.29, 0.717) is 0 Å². The first-order valence-corrected chi connectivity index (χ1v) is 4.48. The van der Waals surface area contributed by atoms with Crippen LogP contribution in [0.2, 0.25) is 0 Å². The Morgan fingerprint density at radius 1 is 1.25 bits per heavy atom. The number of anilines is 1. The number of nitrogens with one attached hydrogen (secondary N) is 1. The van der Waals surface area contributed by atoms with Crippen molar-refractivity contribution in [3.8, 4) is 11.5 Å². The number of rotatable bonds is 3. The second-order valence-electron chi connectivity index (χ2n) is 2.16. The Balaban J connectivity index is 3.02. The van der Waals surface area contributed by atoms with E-state index in [1.807, 2.05) is 41.1 Å². The summed E-state index contributed by atoms with van der Waals surface area (Å²) in [6.45, 7) is 0. The van der Waals surface area contributed by atoms with Crippen molar-refractivity contribution >= 4 is 28.6 Å². The Labute approximate surface area is 85.6 Å². The highest BCUT2D eigenvalue weighted by Gasteiger charge is 2.01. The number of halogens is 1. The molecule has 0 aliphatic carbocycles. The smallest absolute Gasteiger partial charge is 0.142 e. The van der Waals surface area contributed by atoms with Gasteiger partial charge in [0.15, 0.2) is 0 Å². The zero-order valence-electron chi connectivity index (χ0n) is 6.93. The maximum absolute atomic E-state index is 5.11. The summed E-state index contributed by atoms with van der Waals surface area (Å²) < 4.78 is 13.2. The zero-order chi connectivity index (χ0) is 8.97. The third-order valence-corrected chi connectivity index (χ3v) is 2.09. The summed E-state index contributed by atoms with van der Waals surface area (Å²) in [6, 6.07) is 5.60. The van der Waals surface area contributed by atoms with E-state index in [1.165, 1.54) is 0 Å². The van der Waals surface area contributed by atoms with Crippen LogP contribution in [-0.4, -0.2) is 14.2 Å². The summed E-state index contributed by atoms with van der Waals surface area (Å²) in [4.78, 5) is 0. The summed E-state index contributed by atoms with van der Waals surface area (Å²) in [5, 5.41) is 0. The van der Waals surface area contributed by atoms with Crippen molar-refractivity contribution in [1.29, 1.82) is 0 Å². The van der Waals surface area contributed by atoms with Crippen LogP contribution in [0.3, 0.4) is 0 Å². The molecule has 0 saturated heterocycles. The van der Waals surface area contributed by atoms with Gasteiger partial charge in [-0.2, -0.15) is 0 Å². The van der Waals surface area contributed by atoms with E-state index in [2.05, 4.69) is 3.53 Å². The van der Waals surface area contributed by atoms with Crippen LogP contribution in [0.15, 0.2) is 18.2 Å². The van der Waals surface area contributed by atoms with E-state index in [9.17, 15) is 0 Å². The molecule has 0 bridgehead atoms. The molecule has 1 aromatic rings. The number of benzene rings is 1. The SMILES string of the molecule is COc1ccc(OC)c(NI)c1. The van der Waals surface area contributed by atoms with Crippen molar-refractivity contribution in [2.45, 2.75) is 0 Å². The lowest BCUT2D eigenvalue weighted by molar-refractivity contribution is 0.405. The van der Waals surface area contributed by atoms with Gasteiger partial charge in [-0.25, -0.2) is 0 Å². The lowest BCUT2D eigenvalue weighted by atomic mass is 10.3. The molecule has 4 heteroatoms. The van der Waals surface area contributed by atoms with Gasteiger partial charge in [0, 0.05) is 6.07 Å².